The van der Waals surface area contributed by atoms with E-state index < -0.39 is 21.8 Å². The number of aryl methyl sites for hydroxylation is 1. The first kappa shape index (κ1) is 20.9. The lowest BCUT2D eigenvalue weighted by atomic mass is 9.93. The van der Waals surface area contributed by atoms with Crippen molar-refractivity contribution >= 4 is 54.8 Å². The van der Waals surface area contributed by atoms with Gasteiger partial charge in [-0.1, -0.05) is 36.4 Å². The Morgan fingerprint density at radius 3 is 2.24 bits per heavy atom. The van der Waals surface area contributed by atoms with Crippen LogP contribution in [-0.4, -0.2) is 46.5 Å². The molecular weight excluding hydrogens is 452 g/mol. The highest BCUT2D eigenvalue weighted by Gasteiger charge is 2.38. The van der Waals surface area contributed by atoms with Gasteiger partial charge >= 0.3 is 0 Å². The maximum Gasteiger partial charge on any atom is 0.259 e. The van der Waals surface area contributed by atoms with Crippen LogP contribution in [0.15, 0.2) is 54.7 Å². The third kappa shape index (κ3) is 2.90. The summed E-state index contributed by atoms with van der Waals surface area (Å²) in [7, 11) is -1.53. The molecule has 2 aromatic heterocycles. The number of rotatable bonds is 3. The van der Waals surface area contributed by atoms with Crippen LogP contribution in [0.3, 0.4) is 0 Å². The van der Waals surface area contributed by atoms with E-state index in [4.69, 9.17) is 0 Å². The van der Waals surface area contributed by atoms with Crippen molar-refractivity contribution in [3.05, 3.63) is 71.5 Å². The molecule has 0 fully saturated rings. The van der Waals surface area contributed by atoms with Crippen LogP contribution in [0.5, 0.6) is 0 Å². The van der Waals surface area contributed by atoms with Crippen molar-refractivity contribution in [1.82, 2.24) is 18.8 Å². The van der Waals surface area contributed by atoms with Crippen molar-refractivity contribution in [3.8, 4) is 0 Å². The average Bonchev–Trinajstić information content (AvgIpc) is 3.41. The monoisotopic (exact) mass is 474 g/mol. The SMILES string of the molecule is Cn1cc(C2=C(c3c4n(c5ccccc35)CCN(S(C)(=O)=O)C4)C(=O)NC2=O)c2ccccc21. The smallest absolute Gasteiger partial charge is 0.259 e. The third-order valence-electron chi connectivity index (χ3n) is 6.79. The van der Waals surface area contributed by atoms with Crippen LogP contribution >= 0.6 is 0 Å². The molecule has 0 radical (unpaired) electrons. The molecule has 0 aliphatic carbocycles. The molecule has 8 nitrogen and oxygen atoms in total. The number of aromatic nitrogens is 2. The summed E-state index contributed by atoms with van der Waals surface area (Å²) < 4.78 is 30.1. The summed E-state index contributed by atoms with van der Waals surface area (Å²) in [5.41, 5.74) is 4.49. The van der Waals surface area contributed by atoms with Gasteiger partial charge in [0.1, 0.15) is 0 Å². The van der Waals surface area contributed by atoms with Gasteiger partial charge in [0.2, 0.25) is 10.0 Å². The summed E-state index contributed by atoms with van der Waals surface area (Å²) >= 11 is 0. The number of hydrogen-bond acceptors (Lipinski definition) is 4. The van der Waals surface area contributed by atoms with Gasteiger partial charge in [-0.2, -0.15) is 4.31 Å². The van der Waals surface area contributed by atoms with Gasteiger partial charge in [-0.05, 0) is 12.1 Å². The topological polar surface area (TPSA) is 93.4 Å². The van der Waals surface area contributed by atoms with Crippen LogP contribution in [0, 0.1) is 0 Å². The molecule has 0 unspecified atom stereocenters. The molecular formula is C25H22N4O4S. The Kier molecular flexibility index (Phi) is 4.39. The van der Waals surface area contributed by atoms with Crippen LogP contribution in [0.1, 0.15) is 16.8 Å². The lowest BCUT2D eigenvalue weighted by Crippen LogP contribution is -2.37. The summed E-state index contributed by atoms with van der Waals surface area (Å²) in [5.74, 6) is -0.917. The normalized spacial score (nSPS) is 17.1. The summed E-state index contributed by atoms with van der Waals surface area (Å²) in [6.07, 6.45) is 3.06. The van der Waals surface area contributed by atoms with Gasteiger partial charge in [0.25, 0.3) is 11.8 Å². The van der Waals surface area contributed by atoms with Crippen molar-refractivity contribution in [2.24, 2.45) is 7.05 Å². The van der Waals surface area contributed by atoms with Gasteiger partial charge in [-0.15, -0.1) is 0 Å². The number of amides is 2. The lowest BCUT2D eigenvalue weighted by Gasteiger charge is -2.27. The highest BCUT2D eigenvalue weighted by molar-refractivity contribution is 7.88. The van der Waals surface area contributed by atoms with E-state index in [9.17, 15) is 18.0 Å². The quantitative estimate of drug-likeness (QED) is 0.462. The predicted octanol–water partition coefficient (Wildman–Crippen LogP) is 2.48. The molecule has 6 rings (SSSR count). The van der Waals surface area contributed by atoms with E-state index in [2.05, 4.69) is 9.88 Å². The predicted molar refractivity (Wildman–Crippen MR) is 130 cm³/mol. The molecule has 0 spiro atoms. The zero-order valence-electron chi connectivity index (χ0n) is 18.7. The second kappa shape index (κ2) is 7.15. The van der Waals surface area contributed by atoms with E-state index in [1.807, 2.05) is 66.3 Å². The summed E-state index contributed by atoms with van der Waals surface area (Å²) in [6.45, 7) is 0.955. The largest absolute Gasteiger partial charge is 0.350 e. The summed E-state index contributed by atoms with van der Waals surface area (Å²) in [6, 6.07) is 15.4. The Morgan fingerprint density at radius 2 is 1.50 bits per heavy atom. The van der Waals surface area contributed by atoms with Gasteiger partial charge in [-0.25, -0.2) is 8.42 Å². The van der Waals surface area contributed by atoms with Crippen molar-refractivity contribution in [2.75, 3.05) is 12.8 Å². The van der Waals surface area contributed by atoms with Gasteiger partial charge in [0.15, 0.2) is 0 Å². The Balaban J connectivity index is 1.70. The molecule has 172 valence electrons. The second-order valence-electron chi connectivity index (χ2n) is 8.79. The third-order valence-corrected chi connectivity index (χ3v) is 8.04. The molecule has 0 bridgehead atoms. The Hall–Kier alpha value is -3.69. The zero-order chi connectivity index (χ0) is 23.8. The number of fused-ring (bicyclic) bond motifs is 4. The fraction of sp³-hybridized carbons (Fsp3) is 0.200. The number of carbonyl (C=O) groups is 2. The highest BCUT2D eigenvalue weighted by Crippen LogP contribution is 2.42. The lowest BCUT2D eigenvalue weighted by molar-refractivity contribution is -0.122. The number of benzene rings is 2. The molecule has 2 aliphatic rings. The van der Waals surface area contributed by atoms with E-state index in [-0.39, 0.29) is 6.54 Å². The number of nitrogens with one attached hydrogen (secondary N) is 1. The van der Waals surface area contributed by atoms with Gasteiger partial charge in [0.05, 0.1) is 23.9 Å². The molecule has 0 atom stereocenters. The van der Waals surface area contributed by atoms with E-state index in [0.717, 1.165) is 27.5 Å². The van der Waals surface area contributed by atoms with Crippen molar-refractivity contribution in [2.45, 2.75) is 13.1 Å². The molecule has 9 heteroatoms. The average molecular weight is 475 g/mol. The fourth-order valence-electron chi connectivity index (χ4n) is 5.29. The minimum Gasteiger partial charge on any atom is -0.350 e. The van der Waals surface area contributed by atoms with Crippen LogP contribution in [-0.2, 0) is 39.7 Å². The summed E-state index contributed by atoms with van der Waals surface area (Å²) in [4.78, 5) is 26.4. The molecule has 0 saturated heterocycles. The summed E-state index contributed by atoms with van der Waals surface area (Å²) in [5, 5.41) is 4.19. The Morgan fingerprint density at radius 1 is 0.853 bits per heavy atom. The van der Waals surface area contributed by atoms with E-state index in [1.54, 1.807) is 0 Å². The molecule has 4 aromatic rings. The first-order valence-electron chi connectivity index (χ1n) is 11.0. The first-order chi connectivity index (χ1) is 16.3. The maximum absolute atomic E-state index is 13.3. The molecule has 2 aromatic carbocycles. The van der Waals surface area contributed by atoms with Gasteiger partial charge < -0.3 is 9.13 Å². The molecule has 0 saturated carbocycles. The first-order valence-corrected chi connectivity index (χ1v) is 12.8. The maximum atomic E-state index is 13.3. The van der Waals surface area contributed by atoms with Crippen molar-refractivity contribution < 1.29 is 18.0 Å². The molecule has 1 N–H and O–H groups in total. The van der Waals surface area contributed by atoms with Crippen LogP contribution < -0.4 is 5.32 Å². The minimum atomic E-state index is -3.43. The molecule has 4 heterocycles. The van der Waals surface area contributed by atoms with E-state index in [0.29, 0.717) is 35.4 Å². The van der Waals surface area contributed by atoms with Crippen LogP contribution in [0.4, 0.5) is 0 Å². The van der Waals surface area contributed by atoms with E-state index >= 15 is 0 Å². The highest BCUT2D eigenvalue weighted by atomic mass is 32.2. The number of sulfonamides is 1. The van der Waals surface area contributed by atoms with Crippen LogP contribution in [0.25, 0.3) is 33.0 Å². The zero-order valence-corrected chi connectivity index (χ0v) is 19.5. The van der Waals surface area contributed by atoms with Crippen molar-refractivity contribution in [1.29, 1.82) is 0 Å². The van der Waals surface area contributed by atoms with Crippen LogP contribution in [0.2, 0.25) is 0 Å². The standard InChI is InChI=1S/C25H22N4O4S/c1-27-13-17(15-7-3-5-9-18(15)27)22-23(25(31)26-24(22)30)21-16-8-4-6-10-19(16)29-12-11-28(14-20(21)29)34(2,32)33/h3-10,13H,11-12,14H2,1-2H3,(H,26,30,31). The number of nitrogens with zero attached hydrogens (tertiary/aromatic N) is 3. The molecule has 2 aliphatic heterocycles. The number of imide groups is 1. The molecule has 2 amide bonds. The Bertz CT molecular complexity index is 1690. The van der Waals surface area contributed by atoms with Gasteiger partial charge in [-0.3, -0.25) is 14.9 Å². The van der Waals surface area contributed by atoms with Crippen molar-refractivity contribution in [3.63, 3.8) is 0 Å². The second-order valence-corrected chi connectivity index (χ2v) is 10.8. The number of para-hydroxylation sites is 2. The fourth-order valence-corrected chi connectivity index (χ4v) is 6.06. The number of carbonyl (C=O) groups excluding carboxylic acids is 2. The Labute approximate surface area is 196 Å². The number of hydrogen-bond donors (Lipinski definition) is 1. The molecule has 34 heavy (non-hydrogen) atoms. The van der Waals surface area contributed by atoms with E-state index in [1.165, 1.54) is 10.6 Å². The minimum absolute atomic E-state index is 0.136. The van der Waals surface area contributed by atoms with Gasteiger partial charge in [0, 0.05) is 65.0 Å².